The first-order valence-electron chi connectivity index (χ1n) is 7.93. The summed E-state index contributed by atoms with van der Waals surface area (Å²) in [7, 11) is 0. The van der Waals surface area contributed by atoms with Crippen LogP contribution in [0.3, 0.4) is 0 Å². The van der Waals surface area contributed by atoms with Crippen molar-refractivity contribution in [2.75, 3.05) is 26.2 Å². The smallest absolute Gasteiger partial charge is 0.137 e. The summed E-state index contributed by atoms with van der Waals surface area (Å²) in [6.45, 7) is 10.6. The maximum Gasteiger partial charge on any atom is 0.137 e. The molecule has 2 rings (SSSR count). The number of ketones is 1. The Balaban J connectivity index is 1.90. The van der Waals surface area contributed by atoms with E-state index in [-0.39, 0.29) is 5.92 Å². The molecule has 3 heteroatoms. The Bertz CT molecular complexity index is 303. The van der Waals surface area contributed by atoms with Gasteiger partial charge in [0, 0.05) is 38.6 Å². The topological polar surface area (TPSA) is 29.5 Å². The second-order valence-corrected chi connectivity index (χ2v) is 6.74. The van der Waals surface area contributed by atoms with Gasteiger partial charge in [0.2, 0.25) is 0 Å². The molecule has 3 nitrogen and oxygen atoms in total. The molecule has 0 aromatic carbocycles. The first-order chi connectivity index (χ1) is 9.06. The fourth-order valence-electron chi connectivity index (χ4n) is 3.49. The van der Waals surface area contributed by atoms with Crippen molar-refractivity contribution in [3.63, 3.8) is 0 Å². The Morgan fingerprint density at radius 3 is 2.95 bits per heavy atom. The van der Waals surface area contributed by atoms with E-state index in [9.17, 15) is 4.79 Å². The molecule has 3 unspecified atom stereocenters. The van der Waals surface area contributed by atoms with Gasteiger partial charge in [0.15, 0.2) is 0 Å². The molecule has 0 aromatic heterocycles. The highest BCUT2D eigenvalue weighted by atomic mass is 16.5. The van der Waals surface area contributed by atoms with Crippen LogP contribution in [0.25, 0.3) is 0 Å². The highest BCUT2D eigenvalue weighted by Crippen LogP contribution is 2.32. The molecule has 2 fully saturated rings. The third kappa shape index (κ3) is 4.28. The average Bonchev–Trinajstić information content (AvgIpc) is 2.56. The zero-order valence-electron chi connectivity index (χ0n) is 12.7. The van der Waals surface area contributed by atoms with Crippen molar-refractivity contribution in [2.45, 2.75) is 52.6 Å². The van der Waals surface area contributed by atoms with E-state index >= 15 is 0 Å². The molecule has 110 valence electrons. The van der Waals surface area contributed by atoms with Gasteiger partial charge in [-0.1, -0.05) is 13.8 Å². The van der Waals surface area contributed by atoms with Crippen LogP contribution in [0.15, 0.2) is 0 Å². The first kappa shape index (κ1) is 15.0. The van der Waals surface area contributed by atoms with Gasteiger partial charge in [-0.25, -0.2) is 0 Å². The lowest BCUT2D eigenvalue weighted by Gasteiger charge is -2.34. The van der Waals surface area contributed by atoms with Crippen LogP contribution in [0.5, 0.6) is 0 Å². The van der Waals surface area contributed by atoms with Gasteiger partial charge in [0.1, 0.15) is 5.78 Å². The minimum atomic E-state index is 0.270. The summed E-state index contributed by atoms with van der Waals surface area (Å²) in [4.78, 5) is 14.6. The summed E-state index contributed by atoms with van der Waals surface area (Å²) < 4.78 is 5.68. The first-order valence-corrected chi connectivity index (χ1v) is 7.93. The number of ether oxygens (including phenoxy) is 1. The van der Waals surface area contributed by atoms with E-state index in [1.807, 2.05) is 0 Å². The van der Waals surface area contributed by atoms with E-state index in [1.165, 1.54) is 0 Å². The van der Waals surface area contributed by atoms with Crippen LogP contribution in [0, 0.1) is 17.8 Å². The molecular weight excluding hydrogens is 238 g/mol. The van der Waals surface area contributed by atoms with Gasteiger partial charge < -0.3 is 4.74 Å². The Hall–Kier alpha value is -0.410. The van der Waals surface area contributed by atoms with Crippen LogP contribution in [0.2, 0.25) is 0 Å². The number of hydrogen-bond donors (Lipinski definition) is 0. The normalized spacial score (nSPS) is 34.5. The second-order valence-electron chi connectivity index (χ2n) is 6.74. The number of Topliss-reactive ketones (excluding diaryl/α,β-unsaturated/α-hetero) is 1. The molecule has 0 bridgehead atoms. The minimum absolute atomic E-state index is 0.270. The standard InChI is InChI=1S/C16H29NO2/c1-12(2)14-5-6-16(18)15(9-14)11-17-7-4-8-19-13(3)10-17/h12-15H,4-11H2,1-3H3. The Morgan fingerprint density at radius 1 is 1.42 bits per heavy atom. The lowest BCUT2D eigenvalue weighted by molar-refractivity contribution is -0.126. The third-order valence-corrected chi connectivity index (χ3v) is 4.76. The lowest BCUT2D eigenvalue weighted by Crippen LogP contribution is -2.40. The van der Waals surface area contributed by atoms with E-state index in [0.29, 0.717) is 17.8 Å². The molecule has 0 radical (unpaired) electrons. The van der Waals surface area contributed by atoms with E-state index in [4.69, 9.17) is 4.74 Å². The van der Waals surface area contributed by atoms with Crippen molar-refractivity contribution >= 4 is 5.78 Å². The predicted octanol–water partition coefficient (Wildman–Crippen LogP) is 2.74. The van der Waals surface area contributed by atoms with Crippen LogP contribution in [0.1, 0.15) is 46.5 Å². The van der Waals surface area contributed by atoms with Crippen LogP contribution in [-0.4, -0.2) is 43.0 Å². The SMILES string of the molecule is CC1CN(CC2CC(C(C)C)CCC2=O)CCCO1. The molecular formula is C16H29NO2. The molecule has 0 amide bonds. The molecule has 0 spiro atoms. The van der Waals surface area contributed by atoms with Crippen molar-refractivity contribution in [3.8, 4) is 0 Å². The van der Waals surface area contributed by atoms with Crippen molar-refractivity contribution < 1.29 is 9.53 Å². The number of hydrogen-bond acceptors (Lipinski definition) is 3. The number of nitrogens with zero attached hydrogens (tertiary/aromatic N) is 1. The highest BCUT2D eigenvalue weighted by Gasteiger charge is 2.31. The zero-order chi connectivity index (χ0) is 13.8. The van der Waals surface area contributed by atoms with Crippen LogP contribution in [0.4, 0.5) is 0 Å². The molecule has 1 heterocycles. The molecule has 2 aliphatic rings. The maximum atomic E-state index is 12.1. The van der Waals surface area contributed by atoms with E-state index in [2.05, 4.69) is 25.7 Å². The molecule has 0 aromatic rings. The predicted molar refractivity (Wildman–Crippen MR) is 77.1 cm³/mol. The van der Waals surface area contributed by atoms with Gasteiger partial charge in [-0.3, -0.25) is 9.69 Å². The van der Waals surface area contributed by atoms with Crippen molar-refractivity contribution in [2.24, 2.45) is 17.8 Å². The summed E-state index contributed by atoms with van der Waals surface area (Å²) in [6.07, 6.45) is 4.41. The molecule has 1 aliphatic heterocycles. The molecule has 1 saturated carbocycles. The summed E-state index contributed by atoms with van der Waals surface area (Å²) in [5.41, 5.74) is 0. The lowest BCUT2D eigenvalue weighted by atomic mass is 9.75. The monoisotopic (exact) mass is 267 g/mol. The maximum absolute atomic E-state index is 12.1. The minimum Gasteiger partial charge on any atom is -0.377 e. The van der Waals surface area contributed by atoms with E-state index < -0.39 is 0 Å². The zero-order valence-corrected chi connectivity index (χ0v) is 12.7. The summed E-state index contributed by atoms with van der Waals surface area (Å²) >= 11 is 0. The summed E-state index contributed by atoms with van der Waals surface area (Å²) in [5.74, 6) is 2.21. The number of carbonyl (C=O) groups excluding carboxylic acids is 1. The van der Waals surface area contributed by atoms with Gasteiger partial charge in [0.25, 0.3) is 0 Å². The van der Waals surface area contributed by atoms with Gasteiger partial charge in [-0.15, -0.1) is 0 Å². The summed E-state index contributed by atoms with van der Waals surface area (Å²) in [5, 5.41) is 0. The second kappa shape index (κ2) is 6.85. The Kier molecular flexibility index (Phi) is 5.40. The van der Waals surface area contributed by atoms with Crippen LogP contribution < -0.4 is 0 Å². The number of rotatable bonds is 3. The van der Waals surface area contributed by atoms with Crippen molar-refractivity contribution in [1.82, 2.24) is 4.90 Å². The quantitative estimate of drug-likeness (QED) is 0.787. The molecule has 1 aliphatic carbocycles. The third-order valence-electron chi connectivity index (χ3n) is 4.76. The molecule has 19 heavy (non-hydrogen) atoms. The van der Waals surface area contributed by atoms with Gasteiger partial charge in [0.05, 0.1) is 6.10 Å². The molecule has 1 saturated heterocycles. The fraction of sp³-hybridized carbons (Fsp3) is 0.938. The largest absolute Gasteiger partial charge is 0.377 e. The van der Waals surface area contributed by atoms with Crippen molar-refractivity contribution in [3.05, 3.63) is 0 Å². The molecule has 3 atom stereocenters. The number of carbonyl (C=O) groups is 1. The van der Waals surface area contributed by atoms with Crippen LogP contribution >= 0.6 is 0 Å². The highest BCUT2D eigenvalue weighted by molar-refractivity contribution is 5.82. The van der Waals surface area contributed by atoms with Crippen molar-refractivity contribution in [1.29, 1.82) is 0 Å². The average molecular weight is 267 g/mol. The van der Waals surface area contributed by atoms with E-state index in [1.54, 1.807) is 0 Å². The van der Waals surface area contributed by atoms with E-state index in [0.717, 1.165) is 57.8 Å². The van der Waals surface area contributed by atoms with Gasteiger partial charge in [-0.05, 0) is 38.0 Å². The molecule has 0 N–H and O–H groups in total. The van der Waals surface area contributed by atoms with Gasteiger partial charge in [-0.2, -0.15) is 0 Å². The van der Waals surface area contributed by atoms with Crippen LogP contribution in [-0.2, 0) is 9.53 Å². The van der Waals surface area contributed by atoms with Gasteiger partial charge >= 0.3 is 0 Å². The Labute approximate surface area is 117 Å². The fourth-order valence-corrected chi connectivity index (χ4v) is 3.49. The summed E-state index contributed by atoms with van der Waals surface area (Å²) in [6, 6.07) is 0. The Morgan fingerprint density at radius 2 is 2.21 bits per heavy atom.